The predicted octanol–water partition coefficient (Wildman–Crippen LogP) is 1.26. The first-order chi connectivity index (χ1) is 10.4. The molecule has 0 saturated carbocycles. The van der Waals surface area contributed by atoms with E-state index < -0.39 is 20.6 Å². The lowest BCUT2D eigenvalue weighted by atomic mass is 10.1. The Balaban J connectivity index is 0.00000264. The molecule has 0 aliphatic carbocycles. The summed E-state index contributed by atoms with van der Waals surface area (Å²) in [6.07, 6.45) is 0.740. The van der Waals surface area contributed by atoms with Gasteiger partial charge in [-0.25, -0.2) is 8.42 Å². The van der Waals surface area contributed by atoms with E-state index in [1.807, 2.05) is 7.05 Å². The van der Waals surface area contributed by atoms with E-state index in [2.05, 4.69) is 5.32 Å². The molecular weight excluding hydrogens is 346 g/mol. The van der Waals surface area contributed by atoms with Gasteiger partial charge in [0.2, 0.25) is 10.0 Å². The predicted molar refractivity (Wildman–Crippen MR) is 87.7 cm³/mol. The number of sulfonamides is 1. The van der Waals surface area contributed by atoms with Gasteiger partial charge in [0.1, 0.15) is 5.75 Å². The second-order valence-electron chi connectivity index (χ2n) is 5.17. The smallest absolute Gasteiger partial charge is 0.293 e. The Morgan fingerprint density at radius 3 is 2.74 bits per heavy atom. The van der Waals surface area contributed by atoms with E-state index in [0.717, 1.165) is 19.0 Å². The lowest BCUT2D eigenvalue weighted by molar-refractivity contribution is -0.387. The lowest BCUT2D eigenvalue weighted by Crippen LogP contribution is -2.30. The van der Waals surface area contributed by atoms with Crippen molar-refractivity contribution in [3.8, 4) is 5.75 Å². The van der Waals surface area contributed by atoms with Crippen LogP contribution in [0.5, 0.6) is 5.75 Å². The highest BCUT2D eigenvalue weighted by atomic mass is 35.5. The molecule has 1 heterocycles. The zero-order chi connectivity index (χ0) is 16.3. The summed E-state index contributed by atoms with van der Waals surface area (Å²) in [7, 11) is -0.700. The van der Waals surface area contributed by atoms with Crippen LogP contribution in [0, 0.1) is 16.0 Å². The fourth-order valence-electron chi connectivity index (χ4n) is 2.59. The molecule has 1 unspecified atom stereocenters. The number of hydrogen-bond donors (Lipinski definition) is 1. The standard InChI is InChI=1S/C13H19N3O5S.ClH/c1-14-8-10-5-6-15(9-10)22(19,20)13-4-3-11(21-2)7-12(13)16(17)18;/h3-4,7,10,14H,5-6,8-9H2,1-2H3;1H. The van der Waals surface area contributed by atoms with Crippen LogP contribution in [-0.2, 0) is 10.0 Å². The van der Waals surface area contributed by atoms with Gasteiger partial charge in [0.05, 0.1) is 18.1 Å². The second kappa shape index (κ2) is 7.91. The Kier molecular flexibility index (Phi) is 6.75. The molecule has 1 atom stereocenters. The molecule has 10 heteroatoms. The monoisotopic (exact) mass is 365 g/mol. The number of hydrogen-bond acceptors (Lipinski definition) is 6. The van der Waals surface area contributed by atoms with Crippen molar-refractivity contribution in [2.24, 2.45) is 5.92 Å². The maximum Gasteiger partial charge on any atom is 0.293 e. The average molecular weight is 366 g/mol. The molecule has 130 valence electrons. The molecule has 1 aromatic rings. The Morgan fingerprint density at radius 2 is 2.17 bits per heavy atom. The minimum atomic E-state index is -3.88. The van der Waals surface area contributed by atoms with Crippen LogP contribution in [0.1, 0.15) is 6.42 Å². The SMILES string of the molecule is CNCC1CCN(S(=O)(=O)c2ccc(OC)cc2[N+](=O)[O-])C1.Cl. The maximum atomic E-state index is 12.7. The molecule has 0 radical (unpaired) electrons. The molecule has 1 fully saturated rings. The molecule has 0 aromatic heterocycles. The molecule has 1 aliphatic heterocycles. The van der Waals surface area contributed by atoms with Gasteiger partial charge >= 0.3 is 0 Å². The van der Waals surface area contributed by atoms with Crippen LogP contribution in [-0.4, -0.2) is 51.4 Å². The molecule has 23 heavy (non-hydrogen) atoms. The topological polar surface area (TPSA) is 102 Å². The fraction of sp³-hybridized carbons (Fsp3) is 0.538. The summed E-state index contributed by atoms with van der Waals surface area (Å²) in [5, 5.41) is 14.2. The van der Waals surface area contributed by atoms with Gasteiger partial charge in [-0.3, -0.25) is 10.1 Å². The number of nitro groups is 1. The van der Waals surface area contributed by atoms with Crippen molar-refractivity contribution in [1.29, 1.82) is 0 Å². The summed E-state index contributed by atoms with van der Waals surface area (Å²) in [4.78, 5) is 10.2. The van der Waals surface area contributed by atoms with Crippen LogP contribution >= 0.6 is 12.4 Å². The first-order valence-corrected chi connectivity index (χ1v) is 8.31. The van der Waals surface area contributed by atoms with Crippen LogP contribution in [0.3, 0.4) is 0 Å². The Morgan fingerprint density at radius 1 is 1.48 bits per heavy atom. The summed E-state index contributed by atoms with van der Waals surface area (Å²) in [6.45, 7) is 1.46. The third-order valence-electron chi connectivity index (χ3n) is 3.72. The van der Waals surface area contributed by atoms with Crippen LogP contribution in [0.15, 0.2) is 23.1 Å². The summed E-state index contributed by atoms with van der Waals surface area (Å²) in [5.74, 6) is 0.470. The van der Waals surface area contributed by atoms with Gasteiger partial charge in [-0.15, -0.1) is 12.4 Å². The van der Waals surface area contributed by atoms with Gasteiger partial charge < -0.3 is 10.1 Å². The number of nitrogens with zero attached hydrogens (tertiary/aromatic N) is 2. The minimum Gasteiger partial charge on any atom is -0.497 e. The fourth-order valence-corrected chi connectivity index (χ4v) is 4.26. The molecular formula is C13H20ClN3O5S. The molecule has 1 saturated heterocycles. The third kappa shape index (κ3) is 4.11. The summed E-state index contributed by atoms with van der Waals surface area (Å²) in [6, 6.07) is 3.78. The van der Waals surface area contributed by atoms with Crippen molar-refractivity contribution in [2.75, 3.05) is 33.8 Å². The maximum absolute atomic E-state index is 12.7. The molecule has 1 N–H and O–H groups in total. The molecule has 0 bridgehead atoms. The highest BCUT2D eigenvalue weighted by molar-refractivity contribution is 7.89. The second-order valence-corrected chi connectivity index (χ2v) is 7.07. The molecule has 0 spiro atoms. The average Bonchev–Trinajstić information content (AvgIpc) is 2.96. The van der Waals surface area contributed by atoms with Gasteiger partial charge in [-0.05, 0) is 38.1 Å². The van der Waals surface area contributed by atoms with Gasteiger partial charge in [-0.2, -0.15) is 4.31 Å². The van der Waals surface area contributed by atoms with E-state index in [9.17, 15) is 18.5 Å². The van der Waals surface area contributed by atoms with E-state index in [-0.39, 0.29) is 29.0 Å². The van der Waals surface area contributed by atoms with Crippen molar-refractivity contribution < 1.29 is 18.1 Å². The lowest BCUT2D eigenvalue weighted by Gasteiger charge is -2.17. The van der Waals surface area contributed by atoms with Crippen molar-refractivity contribution in [3.63, 3.8) is 0 Å². The minimum absolute atomic E-state index is 0. The van der Waals surface area contributed by atoms with Crippen molar-refractivity contribution in [3.05, 3.63) is 28.3 Å². The number of ether oxygens (including phenoxy) is 1. The number of nitrogens with one attached hydrogen (secondary N) is 1. The van der Waals surface area contributed by atoms with Gasteiger partial charge in [0.25, 0.3) is 5.69 Å². The first-order valence-electron chi connectivity index (χ1n) is 6.87. The number of nitro benzene ring substituents is 1. The summed E-state index contributed by atoms with van der Waals surface area (Å²) < 4.78 is 31.6. The molecule has 0 amide bonds. The van der Waals surface area contributed by atoms with E-state index in [4.69, 9.17) is 4.74 Å². The Labute approximate surface area is 141 Å². The van der Waals surface area contributed by atoms with Crippen LogP contribution in [0.2, 0.25) is 0 Å². The van der Waals surface area contributed by atoms with Crippen molar-refractivity contribution in [1.82, 2.24) is 9.62 Å². The Bertz CT molecular complexity index is 668. The molecule has 1 aromatic carbocycles. The van der Waals surface area contributed by atoms with Crippen LogP contribution in [0.4, 0.5) is 5.69 Å². The highest BCUT2D eigenvalue weighted by Crippen LogP contribution is 2.32. The number of methoxy groups -OCH3 is 1. The third-order valence-corrected chi connectivity index (χ3v) is 5.63. The Hall–Kier alpha value is -1.42. The van der Waals surface area contributed by atoms with E-state index in [1.54, 1.807) is 0 Å². The zero-order valence-electron chi connectivity index (χ0n) is 12.9. The van der Waals surface area contributed by atoms with Gasteiger partial charge in [0.15, 0.2) is 4.90 Å². The quantitative estimate of drug-likeness (QED) is 0.601. The largest absolute Gasteiger partial charge is 0.497 e. The normalized spacial score (nSPS) is 18.4. The van der Waals surface area contributed by atoms with Crippen molar-refractivity contribution >= 4 is 28.1 Å². The van der Waals surface area contributed by atoms with E-state index in [0.29, 0.717) is 13.1 Å². The summed E-state index contributed by atoms with van der Waals surface area (Å²) >= 11 is 0. The van der Waals surface area contributed by atoms with Crippen LogP contribution in [0.25, 0.3) is 0 Å². The molecule has 8 nitrogen and oxygen atoms in total. The first kappa shape index (κ1) is 19.6. The zero-order valence-corrected chi connectivity index (χ0v) is 14.5. The number of halogens is 1. The van der Waals surface area contributed by atoms with Gasteiger partial charge in [0, 0.05) is 13.1 Å². The van der Waals surface area contributed by atoms with Gasteiger partial charge in [-0.1, -0.05) is 0 Å². The molecule has 2 rings (SSSR count). The molecule has 1 aliphatic rings. The van der Waals surface area contributed by atoms with Crippen LogP contribution < -0.4 is 10.1 Å². The highest BCUT2D eigenvalue weighted by Gasteiger charge is 2.36. The van der Waals surface area contributed by atoms with Crippen molar-refractivity contribution in [2.45, 2.75) is 11.3 Å². The summed E-state index contributed by atoms with van der Waals surface area (Å²) in [5.41, 5.74) is -0.462. The number of benzene rings is 1. The van der Waals surface area contributed by atoms with E-state index >= 15 is 0 Å². The number of rotatable bonds is 6. The van der Waals surface area contributed by atoms with E-state index in [1.165, 1.54) is 23.5 Å².